The molecule has 1 atom stereocenters. The molecular weight excluding hydrogens is 298 g/mol. The lowest BCUT2D eigenvalue weighted by Gasteiger charge is -2.20. The van der Waals surface area contributed by atoms with Gasteiger partial charge < -0.3 is 4.74 Å². The lowest BCUT2D eigenvalue weighted by Crippen LogP contribution is -2.30. The molecule has 114 valence electrons. The van der Waals surface area contributed by atoms with Gasteiger partial charge in [-0.25, -0.2) is 13.6 Å². The second kappa shape index (κ2) is 6.78. The van der Waals surface area contributed by atoms with Crippen molar-refractivity contribution in [1.29, 1.82) is 0 Å². The van der Waals surface area contributed by atoms with Gasteiger partial charge in [-0.15, -0.1) is 0 Å². The average Bonchev–Trinajstić information content (AvgIpc) is 2.29. The number of halogens is 1. The number of rotatable bonds is 6. The Kier molecular flexibility index (Phi) is 5.86. The molecule has 20 heavy (non-hydrogen) atoms. The molecule has 0 aliphatic rings. The number of nitrogens with two attached hydrogens (primary N) is 1. The summed E-state index contributed by atoms with van der Waals surface area (Å²) in [6.07, 6.45) is 0. The highest BCUT2D eigenvalue weighted by molar-refractivity contribution is 7.89. The second-order valence-electron chi connectivity index (χ2n) is 5.52. The lowest BCUT2D eigenvalue weighted by atomic mass is 9.99. The van der Waals surface area contributed by atoms with Crippen LogP contribution >= 0.6 is 11.6 Å². The molecule has 0 amide bonds. The molecule has 0 aromatic heterocycles. The average molecular weight is 320 g/mol. The first kappa shape index (κ1) is 17.3. The number of primary sulfonamides is 1. The lowest BCUT2D eigenvalue weighted by molar-refractivity contribution is 0.224. The summed E-state index contributed by atoms with van der Waals surface area (Å²) in [5.41, 5.74) is 1.88. The Bertz CT molecular complexity index is 547. The zero-order chi connectivity index (χ0) is 15.5. The quantitative estimate of drug-likeness (QED) is 0.876. The molecule has 0 saturated carbocycles. The number of benzene rings is 1. The van der Waals surface area contributed by atoms with E-state index < -0.39 is 10.0 Å². The first-order valence-electron chi connectivity index (χ1n) is 6.50. The third-order valence-electron chi connectivity index (χ3n) is 3.26. The van der Waals surface area contributed by atoms with Crippen molar-refractivity contribution in [2.75, 3.05) is 12.4 Å². The molecule has 0 aliphatic carbocycles. The maximum absolute atomic E-state index is 11.2. The standard InChI is InChI=1S/C14H22ClNO3S/c1-9(2)12(8-20(16,17)18)7-19-13-5-10(3)14(15)11(4)6-13/h5-6,9,12H,7-8H2,1-4H3,(H2,16,17,18). The molecule has 0 fully saturated rings. The molecule has 0 saturated heterocycles. The molecule has 0 radical (unpaired) electrons. The Morgan fingerprint density at radius 3 is 2.15 bits per heavy atom. The Labute approximate surface area is 126 Å². The highest BCUT2D eigenvalue weighted by atomic mass is 35.5. The van der Waals surface area contributed by atoms with Crippen LogP contribution in [0.3, 0.4) is 0 Å². The van der Waals surface area contributed by atoms with E-state index >= 15 is 0 Å². The second-order valence-corrected chi connectivity index (χ2v) is 7.55. The number of hydrogen-bond donors (Lipinski definition) is 1. The molecule has 0 heterocycles. The summed E-state index contributed by atoms with van der Waals surface area (Å²) in [7, 11) is -3.50. The van der Waals surface area contributed by atoms with E-state index in [0.717, 1.165) is 16.1 Å². The van der Waals surface area contributed by atoms with Crippen LogP contribution in [-0.2, 0) is 10.0 Å². The van der Waals surface area contributed by atoms with E-state index in [1.54, 1.807) is 0 Å². The molecule has 1 unspecified atom stereocenters. The molecule has 0 spiro atoms. The first-order valence-corrected chi connectivity index (χ1v) is 8.59. The summed E-state index contributed by atoms with van der Waals surface area (Å²) >= 11 is 6.10. The van der Waals surface area contributed by atoms with E-state index in [-0.39, 0.29) is 17.6 Å². The van der Waals surface area contributed by atoms with Crippen LogP contribution in [0.25, 0.3) is 0 Å². The minimum Gasteiger partial charge on any atom is -0.493 e. The SMILES string of the molecule is Cc1cc(OCC(CS(N)(=O)=O)C(C)C)cc(C)c1Cl. The number of ether oxygens (including phenoxy) is 1. The Hall–Kier alpha value is -0.780. The smallest absolute Gasteiger partial charge is 0.209 e. The largest absolute Gasteiger partial charge is 0.493 e. The van der Waals surface area contributed by atoms with Gasteiger partial charge in [0.25, 0.3) is 0 Å². The first-order chi connectivity index (χ1) is 9.10. The summed E-state index contributed by atoms with van der Waals surface area (Å²) in [5, 5.41) is 5.83. The van der Waals surface area contributed by atoms with E-state index in [2.05, 4.69) is 0 Å². The Balaban J connectivity index is 2.78. The molecule has 0 bridgehead atoms. The fourth-order valence-electron chi connectivity index (χ4n) is 1.92. The van der Waals surface area contributed by atoms with E-state index in [4.69, 9.17) is 21.5 Å². The van der Waals surface area contributed by atoms with Crippen molar-refractivity contribution in [3.63, 3.8) is 0 Å². The fourth-order valence-corrected chi connectivity index (χ4v) is 3.11. The third-order valence-corrected chi connectivity index (χ3v) is 4.75. The molecule has 1 aromatic carbocycles. The van der Waals surface area contributed by atoms with E-state index in [1.807, 2.05) is 39.8 Å². The van der Waals surface area contributed by atoms with Crippen LogP contribution in [0.1, 0.15) is 25.0 Å². The number of aryl methyl sites for hydroxylation is 2. The van der Waals surface area contributed by atoms with E-state index in [0.29, 0.717) is 12.4 Å². The van der Waals surface area contributed by atoms with Crippen LogP contribution in [0.15, 0.2) is 12.1 Å². The minimum atomic E-state index is -3.50. The Morgan fingerprint density at radius 1 is 1.25 bits per heavy atom. The van der Waals surface area contributed by atoms with Crippen LogP contribution in [0.5, 0.6) is 5.75 Å². The van der Waals surface area contributed by atoms with Crippen LogP contribution in [-0.4, -0.2) is 20.8 Å². The molecule has 1 aromatic rings. The minimum absolute atomic E-state index is 0.0732. The molecular formula is C14H22ClNO3S. The van der Waals surface area contributed by atoms with Gasteiger partial charge in [0.15, 0.2) is 0 Å². The predicted octanol–water partition coefficient (Wildman–Crippen LogP) is 2.90. The molecule has 1 rings (SSSR count). The van der Waals surface area contributed by atoms with Gasteiger partial charge in [0.1, 0.15) is 5.75 Å². The maximum Gasteiger partial charge on any atom is 0.209 e. The van der Waals surface area contributed by atoms with Crippen LogP contribution < -0.4 is 9.88 Å². The van der Waals surface area contributed by atoms with Crippen molar-refractivity contribution in [3.8, 4) is 5.75 Å². The normalized spacial score (nSPS) is 13.6. The maximum atomic E-state index is 11.2. The number of hydrogen-bond acceptors (Lipinski definition) is 3. The molecule has 4 nitrogen and oxygen atoms in total. The van der Waals surface area contributed by atoms with Crippen molar-refractivity contribution in [2.24, 2.45) is 17.0 Å². The van der Waals surface area contributed by atoms with Gasteiger partial charge in [0.2, 0.25) is 10.0 Å². The van der Waals surface area contributed by atoms with Gasteiger partial charge in [-0.1, -0.05) is 25.4 Å². The van der Waals surface area contributed by atoms with Gasteiger partial charge in [0, 0.05) is 10.9 Å². The van der Waals surface area contributed by atoms with Gasteiger partial charge >= 0.3 is 0 Å². The zero-order valence-electron chi connectivity index (χ0n) is 12.3. The van der Waals surface area contributed by atoms with E-state index in [9.17, 15) is 8.42 Å². The van der Waals surface area contributed by atoms with Crippen molar-refractivity contribution >= 4 is 21.6 Å². The summed E-state index contributed by atoms with van der Waals surface area (Å²) in [4.78, 5) is 0. The van der Waals surface area contributed by atoms with Gasteiger partial charge in [-0.3, -0.25) is 0 Å². The van der Waals surface area contributed by atoms with Crippen molar-refractivity contribution in [2.45, 2.75) is 27.7 Å². The summed E-state index contributed by atoms with van der Waals surface area (Å²) in [6, 6.07) is 3.70. The van der Waals surface area contributed by atoms with Crippen LogP contribution in [0.4, 0.5) is 0 Å². The van der Waals surface area contributed by atoms with Crippen molar-refractivity contribution in [1.82, 2.24) is 0 Å². The van der Waals surface area contributed by atoms with Gasteiger partial charge in [-0.05, 0) is 43.0 Å². The molecule has 6 heteroatoms. The topological polar surface area (TPSA) is 69.4 Å². The van der Waals surface area contributed by atoms with Crippen molar-refractivity contribution in [3.05, 3.63) is 28.3 Å². The highest BCUT2D eigenvalue weighted by Crippen LogP contribution is 2.26. The Morgan fingerprint density at radius 2 is 1.75 bits per heavy atom. The van der Waals surface area contributed by atoms with Gasteiger partial charge in [-0.2, -0.15) is 0 Å². The number of sulfonamides is 1. The highest BCUT2D eigenvalue weighted by Gasteiger charge is 2.20. The summed E-state index contributed by atoms with van der Waals surface area (Å²) in [5.74, 6) is 0.657. The third kappa shape index (κ3) is 5.31. The zero-order valence-corrected chi connectivity index (χ0v) is 13.9. The van der Waals surface area contributed by atoms with E-state index in [1.165, 1.54) is 0 Å². The molecule has 0 aliphatic heterocycles. The summed E-state index contributed by atoms with van der Waals surface area (Å²) < 4.78 is 28.1. The van der Waals surface area contributed by atoms with Crippen LogP contribution in [0.2, 0.25) is 5.02 Å². The van der Waals surface area contributed by atoms with Gasteiger partial charge in [0.05, 0.1) is 12.4 Å². The van der Waals surface area contributed by atoms with Crippen LogP contribution in [0, 0.1) is 25.7 Å². The fraction of sp³-hybridized carbons (Fsp3) is 0.571. The van der Waals surface area contributed by atoms with Crippen molar-refractivity contribution < 1.29 is 13.2 Å². The summed E-state index contributed by atoms with van der Waals surface area (Å²) in [6.45, 7) is 8.04. The molecule has 2 N–H and O–H groups in total. The predicted molar refractivity (Wildman–Crippen MR) is 82.7 cm³/mol. The monoisotopic (exact) mass is 319 g/mol.